The van der Waals surface area contributed by atoms with E-state index < -0.39 is 42.1 Å². The molecule has 2 aliphatic rings. The first kappa shape index (κ1) is 35.7. The third-order valence-corrected chi connectivity index (χ3v) is 8.18. The van der Waals surface area contributed by atoms with Gasteiger partial charge >= 0.3 is 12.1 Å². The zero-order valence-electron chi connectivity index (χ0n) is 27.7. The number of hydrogen-bond acceptors (Lipinski definition) is 9. The van der Waals surface area contributed by atoms with Gasteiger partial charge in [0.25, 0.3) is 11.8 Å². The highest BCUT2D eigenvalue weighted by Gasteiger charge is 2.38. The van der Waals surface area contributed by atoms with Crippen LogP contribution >= 0.6 is 0 Å². The van der Waals surface area contributed by atoms with Crippen molar-refractivity contribution in [2.75, 3.05) is 53.4 Å². The molecular formula is C32H43N7O9. The molecule has 260 valence electrons. The van der Waals surface area contributed by atoms with Crippen LogP contribution in [0.4, 0.5) is 4.79 Å². The van der Waals surface area contributed by atoms with Crippen molar-refractivity contribution in [3.63, 3.8) is 0 Å². The van der Waals surface area contributed by atoms with Crippen LogP contribution in [0, 0.1) is 0 Å². The minimum absolute atomic E-state index is 0.0744. The maximum absolute atomic E-state index is 13.6. The number of rotatable bonds is 12. The highest BCUT2D eigenvalue weighted by molar-refractivity contribution is 5.96. The number of carboxylic acids is 1. The number of para-hydroxylation sites is 1. The highest BCUT2D eigenvalue weighted by Crippen LogP contribution is 2.24. The molecule has 2 aromatic rings. The van der Waals surface area contributed by atoms with Crippen molar-refractivity contribution >= 4 is 35.7 Å². The van der Waals surface area contributed by atoms with Gasteiger partial charge in [0.05, 0.1) is 12.3 Å². The molecule has 2 N–H and O–H groups in total. The molecule has 0 aliphatic carbocycles. The van der Waals surface area contributed by atoms with Crippen LogP contribution in [0.5, 0.6) is 5.88 Å². The van der Waals surface area contributed by atoms with Crippen molar-refractivity contribution < 1.29 is 43.3 Å². The van der Waals surface area contributed by atoms with E-state index >= 15 is 0 Å². The van der Waals surface area contributed by atoms with Crippen molar-refractivity contribution in [3.8, 4) is 11.6 Å². The van der Waals surface area contributed by atoms with Gasteiger partial charge in [-0.15, -0.1) is 0 Å². The quantitative estimate of drug-likeness (QED) is 0.330. The number of carbonyl (C=O) groups is 6. The second-order valence-electron chi connectivity index (χ2n) is 11.8. The van der Waals surface area contributed by atoms with E-state index in [1.54, 1.807) is 58.3 Å². The number of carboxylic acid groups (broad SMARTS) is 1. The zero-order chi connectivity index (χ0) is 35.0. The average Bonchev–Trinajstić information content (AvgIpc) is 3.74. The number of carbonyl (C=O) groups excluding carboxylic acids is 5. The van der Waals surface area contributed by atoms with Gasteiger partial charge in [0.1, 0.15) is 12.1 Å². The summed E-state index contributed by atoms with van der Waals surface area (Å²) in [5.74, 6) is -2.86. The second kappa shape index (κ2) is 16.1. The SMILES string of the molecule is CCOC(=O)N1CCN(C(=O)[C@H](CCC(=O)O)NC(=O)c2cc(OC(C)C(=O)N3CCC[C@H]3C(=O)N(C)C)n(-c3ccccc3)n2)CC1. The number of likely N-dealkylation sites (N-methyl/N-ethyl adjacent to an activating group) is 1. The molecule has 0 saturated carbocycles. The Morgan fingerprint density at radius 1 is 1.00 bits per heavy atom. The van der Waals surface area contributed by atoms with Gasteiger partial charge in [-0.25, -0.2) is 9.48 Å². The first-order valence-corrected chi connectivity index (χ1v) is 16.0. The Labute approximate surface area is 278 Å². The number of ether oxygens (including phenoxy) is 2. The molecule has 2 saturated heterocycles. The number of hydrogen-bond donors (Lipinski definition) is 2. The van der Waals surface area contributed by atoms with E-state index in [-0.39, 0.29) is 69.0 Å². The van der Waals surface area contributed by atoms with Crippen molar-refractivity contribution in [3.05, 3.63) is 42.1 Å². The lowest BCUT2D eigenvalue weighted by molar-refractivity contribution is -0.146. The Morgan fingerprint density at radius 2 is 1.67 bits per heavy atom. The summed E-state index contributed by atoms with van der Waals surface area (Å²) < 4.78 is 12.5. The molecule has 3 atom stereocenters. The van der Waals surface area contributed by atoms with E-state index in [1.807, 2.05) is 0 Å². The fourth-order valence-electron chi connectivity index (χ4n) is 5.67. The van der Waals surface area contributed by atoms with E-state index in [1.165, 1.54) is 30.3 Å². The van der Waals surface area contributed by atoms with Gasteiger partial charge in [0.2, 0.25) is 17.7 Å². The summed E-state index contributed by atoms with van der Waals surface area (Å²) in [7, 11) is 3.28. The van der Waals surface area contributed by atoms with E-state index in [4.69, 9.17) is 9.47 Å². The zero-order valence-corrected chi connectivity index (χ0v) is 27.7. The topological polar surface area (TPSA) is 184 Å². The molecule has 16 heteroatoms. The van der Waals surface area contributed by atoms with Crippen molar-refractivity contribution in [1.82, 2.24) is 34.7 Å². The maximum Gasteiger partial charge on any atom is 0.409 e. The molecule has 1 unspecified atom stereocenters. The van der Waals surface area contributed by atoms with Crippen molar-refractivity contribution in [2.45, 2.75) is 57.7 Å². The summed E-state index contributed by atoms with van der Waals surface area (Å²) in [6.45, 7) is 4.71. The van der Waals surface area contributed by atoms with E-state index in [0.717, 1.165) is 0 Å². The van der Waals surface area contributed by atoms with Crippen LogP contribution in [0.15, 0.2) is 36.4 Å². The van der Waals surface area contributed by atoms with Gasteiger partial charge in [-0.05, 0) is 45.2 Å². The number of amides is 5. The minimum atomic E-state index is -1.18. The standard InChI is InChI=1S/C32H43N7O9/c1-5-47-32(46)37-18-16-36(17-19-37)30(44)23(13-14-27(40)41)33-28(42)24-20-26(39(34-24)22-10-7-6-8-11-22)48-21(2)29(43)38-15-9-12-25(38)31(45)35(3)4/h6-8,10-11,20-21,23,25H,5,9,12-19H2,1-4H3,(H,33,42)(H,40,41)/t21?,23-,25-/m0/s1. The summed E-state index contributed by atoms with van der Waals surface area (Å²) in [5.41, 5.74) is 0.404. The van der Waals surface area contributed by atoms with Crippen molar-refractivity contribution in [1.29, 1.82) is 0 Å². The number of piperazine rings is 1. The summed E-state index contributed by atoms with van der Waals surface area (Å²) in [6.07, 6.45) is -0.837. The van der Waals surface area contributed by atoms with Gasteiger partial charge in [-0.3, -0.25) is 24.0 Å². The van der Waals surface area contributed by atoms with Gasteiger partial charge in [-0.2, -0.15) is 5.10 Å². The van der Waals surface area contributed by atoms with Crippen LogP contribution in [0.1, 0.15) is 50.0 Å². The fourth-order valence-corrected chi connectivity index (χ4v) is 5.67. The third-order valence-electron chi connectivity index (χ3n) is 8.18. The fraction of sp³-hybridized carbons (Fsp3) is 0.531. The number of likely N-dealkylation sites (tertiary alicyclic amines) is 1. The van der Waals surface area contributed by atoms with Gasteiger partial charge in [0.15, 0.2) is 11.8 Å². The molecule has 0 spiro atoms. The molecule has 1 aromatic carbocycles. The van der Waals surface area contributed by atoms with E-state index in [0.29, 0.717) is 25.1 Å². The maximum atomic E-state index is 13.6. The van der Waals surface area contributed by atoms with Crippen LogP contribution in [-0.4, -0.2) is 142 Å². The molecule has 3 heterocycles. The Balaban J connectivity index is 1.53. The lowest BCUT2D eigenvalue weighted by Crippen LogP contribution is -2.56. The van der Waals surface area contributed by atoms with Gasteiger partial charge in [-0.1, -0.05) is 18.2 Å². The van der Waals surface area contributed by atoms with Crippen LogP contribution in [0.3, 0.4) is 0 Å². The normalized spacial score (nSPS) is 17.3. The molecule has 0 bridgehead atoms. The lowest BCUT2D eigenvalue weighted by atomic mass is 10.1. The number of aromatic nitrogens is 2. The number of benzene rings is 1. The predicted molar refractivity (Wildman–Crippen MR) is 170 cm³/mol. The first-order chi connectivity index (χ1) is 22.9. The van der Waals surface area contributed by atoms with E-state index in [2.05, 4.69) is 10.4 Å². The molecule has 2 aliphatic heterocycles. The minimum Gasteiger partial charge on any atom is -0.481 e. The Hall–Kier alpha value is -5.15. The number of aliphatic carboxylic acids is 1. The van der Waals surface area contributed by atoms with Crippen LogP contribution in [-0.2, 0) is 23.9 Å². The molecule has 16 nitrogen and oxygen atoms in total. The first-order valence-electron chi connectivity index (χ1n) is 16.0. The summed E-state index contributed by atoms with van der Waals surface area (Å²) >= 11 is 0. The number of nitrogens with zero attached hydrogens (tertiary/aromatic N) is 6. The Bertz CT molecular complexity index is 1490. The molecule has 1 aromatic heterocycles. The van der Waals surface area contributed by atoms with Gasteiger partial charge in [0, 0.05) is 59.3 Å². The number of nitrogens with one attached hydrogen (secondary N) is 1. The lowest BCUT2D eigenvalue weighted by Gasteiger charge is -2.35. The van der Waals surface area contributed by atoms with E-state index in [9.17, 15) is 33.9 Å². The third kappa shape index (κ3) is 8.60. The largest absolute Gasteiger partial charge is 0.481 e. The molecule has 0 radical (unpaired) electrons. The molecule has 4 rings (SSSR count). The Morgan fingerprint density at radius 3 is 2.29 bits per heavy atom. The molecule has 2 fully saturated rings. The Kier molecular flexibility index (Phi) is 12.0. The smallest absolute Gasteiger partial charge is 0.409 e. The molecule has 5 amide bonds. The molecular weight excluding hydrogens is 626 g/mol. The van der Waals surface area contributed by atoms with Crippen molar-refractivity contribution in [2.24, 2.45) is 0 Å². The summed E-state index contributed by atoms with van der Waals surface area (Å²) in [4.78, 5) is 82.6. The highest BCUT2D eigenvalue weighted by atomic mass is 16.6. The second-order valence-corrected chi connectivity index (χ2v) is 11.8. The van der Waals surface area contributed by atoms with Gasteiger partial charge < -0.3 is 39.5 Å². The monoisotopic (exact) mass is 669 g/mol. The average molecular weight is 670 g/mol. The van der Waals surface area contributed by atoms with Crippen LogP contribution in [0.25, 0.3) is 5.69 Å². The summed E-state index contributed by atoms with van der Waals surface area (Å²) in [6, 6.07) is 8.36. The van der Waals surface area contributed by atoms with Crippen LogP contribution < -0.4 is 10.1 Å². The van der Waals surface area contributed by atoms with Crippen LogP contribution in [0.2, 0.25) is 0 Å². The predicted octanol–water partition coefficient (Wildman–Crippen LogP) is 0.983. The molecule has 48 heavy (non-hydrogen) atoms. The summed E-state index contributed by atoms with van der Waals surface area (Å²) in [5, 5.41) is 16.4.